The number of hydrogen-bond acceptors (Lipinski definition) is 4. The Morgan fingerprint density at radius 2 is 1.74 bits per heavy atom. The number of carbonyl (C=O) groups excluding carboxylic acids is 1. The van der Waals surface area contributed by atoms with Crippen molar-refractivity contribution in [2.24, 2.45) is 0 Å². The highest BCUT2D eigenvalue weighted by Gasteiger charge is 2.23. The summed E-state index contributed by atoms with van der Waals surface area (Å²) in [6.07, 6.45) is 0. The smallest absolute Gasteiger partial charge is 0.387 e. The summed E-state index contributed by atoms with van der Waals surface area (Å²) in [5, 5.41) is 3.15. The second-order valence-electron chi connectivity index (χ2n) is 5.06. The first-order chi connectivity index (χ1) is 10.8. The Bertz CT molecular complexity index is 529. The molecule has 1 aliphatic heterocycles. The van der Waals surface area contributed by atoms with Crippen LogP contribution in [0.1, 0.15) is 17.3 Å². The van der Waals surface area contributed by atoms with Crippen LogP contribution in [0, 0.1) is 0 Å². The molecule has 1 aromatic rings. The fourth-order valence-corrected chi connectivity index (χ4v) is 2.34. The third-order valence-corrected chi connectivity index (χ3v) is 3.23. The summed E-state index contributed by atoms with van der Waals surface area (Å²) < 4.78 is 57.7. The first kappa shape index (κ1) is 17.3. The van der Waals surface area contributed by atoms with Crippen LogP contribution < -0.4 is 14.8 Å². The van der Waals surface area contributed by atoms with E-state index in [0.29, 0.717) is 19.6 Å². The summed E-state index contributed by atoms with van der Waals surface area (Å²) in [6.45, 7) is -2.96. The molecule has 1 aromatic carbocycles. The van der Waals surface area contributed by atoms with E-state index in [0.717, 1.165) is 18.2 Å². The molecule has 0 bridgehead atoms. The number of alkyl halides is 4. The lowest BCUT2D eigenvalue weighted by Gasteiger charge is -2.32. The van der Waals surface area contributed by atoms with Crippen LogP contribution in [0.3, 0.4) is 0 Å². The molecule has 2 rings (SSSR count). The van der Waals surface area contributed by atoms with Gasteiger partial charge in [0.25, 0.3) is 5.91 Å². The second kappa shape index (κ2) is 7.49. The van der Waals surface area contributed by atoms with Crippen molar-refractivity contribution in [3.63, 3.8) is 0 Å². The van der Waals surface area contributed by atoms with Crippen molar-refractivity contribution in [3.05, 3.63) is 23.8 Å². The van der Waals surface area contributed by atoms with E-state index in [2.05, 4.69) is 14.8 Å². The standard InChI is InChI=1S/C14H16F4N2O3/c1-8-7-20(3-2-19-8)12(21)9-4-10(22-13(15)16)6-11(5-9)23-14(17)18/h4-6,8,13-14,19H,2-3,7H2,1H3/t8-/m1/s1. The van der Waals surface area contributed by atoms with Gasteiger partial charge in [0.15, 0.2) is 0 Å². The minimum atomic E-state index is -3.14. The van der Waals surface area contributed by atoms with Crippen LogP contribution in [0.2, 0.25) is 0 Å². The molecule has 0 aromatic heterocycles. The van der Waals surface area contributed by atoms with Gasteiger partial charge in [-0.25, -0.2) is 0 Å². The maximum atomic E-state index is 12.4. The molecule has 0 aliphatic carbocycles. The SMILES string of the molecule is C[C@@H]1CN(C(=O)c2cc(OC(F)F)cc(OC(F)F)c2)CCN1. The number of nitrogens with zero attached hydrogens (tertiary/aromatic N) is 1. The lowest BCUT2D eigenvalue weighted by Crippen LogP contribution is -2.51. The maximum Gasteiger partial charge on any atom is 0.387 e. The van der Waals surface area contributed by atoms with Crippen molar-refractivity contribution in [1.82, 2.24) is 10.2 Å². The largest absolute Gasteiger partial charge is 0.435 e. The molecule has 5 nitrogen and oxygen atoms in total. The van der Waals surface area contributed by atoms with Crippen molar-refractivity contribution < 1.29 is 31.8 Å². The van der Waals surface area contributed by atoms with Crippen LogP contribution in [0.15, 0.2) is 18.2 Å². The van der Waals surface area contributed by atoms with Gasteiger partial charge in [0.05, 0.1) is 0 Å². The fourth-order valence-electron chi connectivity index (χ4n) is 2.34. The summed E-state index contributed by atoms with van der Waals surface area (Å²) in [7, 11) is 0. The van der Waals surface area contributed by atoms with E-state index in [1.807, 2.05) is 6.92 Å². The molecule has 0 spiro atoms. The van der Waals surface area contributed by atoms with Crippen LogP contribution in [0.25, 0.3) is 0 Å². The van der Waals surface area contributed by atoms with Gasteiger partial charge in [0.2, 0.25) is 0 Å². The van der Waals surface area contributed by atoms with Gasteiger partial charge in [-0.2, -0.15) is 17.6 Å². The number of piperazine rings is 1. The highest BCUT2D eigenvalue weighted by Crippen LogP contribution is 2.26. The maximum absolute atomic E-state index is 12.4. The molecule has 1 atom stereocenters. The topological polar surface area (TPSA) is 50.8 Å². The predicted molar refractivity (Wildman–Crippen MR) is 73.1 cm³/mol. The van der Waals surface area contributed by atoms with Crippen molar-refractivity contribution in [3.8, 4) is 11.5 Å². The van der Waals surface area contributed by atoms with E-state index in [9.17, 15) is 22.4 Å². The van der Waals surface area contributed by atoms with Crippen molar-refractivity contribution in [2.75, 3.05) is 19.6 Å². The van der Waals surface area contributed by atoms with Crippen LogP contribution in [0.4, 0.5) is 17.6 Å². The predicted octanol–water partition coefficient (Wildman–Crippen LogP) is 2.32. The van der Waals surface area contributed by atoms with Gasteiger partial charge in [0.1, 0.15) is 11.5 Å². The molecule has 23 heavy (non-hydrogen) atoms. The summed E-state index contributed by atoms with van der Waals surface area (Å²) in [6, 6.07) is 3.12. The fraction of sp³-hybridized carbons (Fsp3) is 0.500. The molecular formula is C14H16F4N2O3. The number of amides is 1. The number of rotatable bonds is 5. The number of benzene rings is 1. The Kier molecular flexibility index (Phi) is 5.64. The normalized spacial score (nSPS) is 18.4. The minimum absolute atomic E-state index is 0.0482. The number of ether oxygens (including phenoxy) is 2. The Balaban J connectivity index is 2.25. The monoisotopic (exact) mass is 336 g/mol. The van der Waals surface area contributed by atoms with Gasteiger partial charge in [0, 0.05) is 37.3 Å². The summed E-state index contributed by atoms with van der Waals surface area (Å²) in [5.41, 5.74) is -0.0482. The van der Waals surface area contributed by atoms with Crippen LogP contribution in [-0.4, -0.2) is 49.7 Å². The molecule has 0 unspecified atom stereocenters. The lowest BCUT2D eigenvalue weighted by molar-refractivity contribution is -0.0543. The van der Waals surface area contributed by atoms with E-state index in [-0.39, 0.29) is 11.6 Å². The van der Waals surface area contributed by atoms with Crippen LogP contribution in [-0.2, 0) is 0 Å². The molecule has 1 heterocycles. The summed E-state index contributed by atoms with van der Waals surface area (Å²) in [4.78, 5) is 13.9. The molecule has 128 valence electrons. The van der Waals surface area contributed by atoms with Crippen LogP contribution in [0.5, 0.6) is 11.5 Å². The molecule has 1 fully saturated rings. The number of nitrogens with one attached hydrogen (secondary N) is 1. The molecular weight excluding hydrogens is 320 g/mol. The molecule has 1 aliphatic rings. The van der Waals surface area contributed by atoms with E-state index >= 15 is 0 Å². The molecule has 9 heteroatoms. The van der Waals surface area contributed by atoms with Gasteiger partial charge in [-0.1, -0.05) is 0 Å². The van der Waals surface area contributed by atoms with Gasteiger partial charge < -0.3 is 19.7 Å². The number of halogens is 4. The first-order valence-electron chi connectivity index (χ1n) is 6.92. The minimum Gasteiger partial charge on any atom is -0.435 e. The summed E-state index contributed by atoms with van der Waals surface area (Å²) in [5.74, 6) is -1.29. The molecule has 0 radical (unpaired) electrons. The molecule has 0 saturated carbocycles. The zero-order valence-electron chi connectivity index (χ0n) is 12.3. The first-order valence-corrected chi connectivity index (χ1v) is 6.92. The second-order valence-corrected chi connectivity index (χ2v) is 5.06. The average Bonchev–Trinajstić information content (AvgIpc) is 2.44. The Labute approximate surface area is 130 Å². The zero-order valence-corrected chi connectivity index (χ0v) is 12.3. The van der Waals surface area contributed by atoms with Crippen LogP contribution >= 0.6 is 0 Å². The highest BCUT2D eigenvalue weighted by molar-refractivity contribution is 5.95. The molecule has 1 N–H and O–H groups in total. The zero-order chi connectivity index (χ0) is 17.0. The number of carbonyl (C=O) groups is 1. The Morgan fingerprint density at radius 3 is 2.22 bits per heavy atom. The van der Waals surface area contributed by atoms with E-state index in [1.54, 1.807) is 0 Å². The third-order valence-electron chi connectivity index (χ3n) is 3.23. The molecule has 1 saturated heterocycles. The van der Waals surface area contributed by atoms with Crippen molar-refractivity contribution in [1.29, 1.82) is 0 Å². The van der Waals surface area contributed by atoms with Crippen molar-refractivity contribution >= 4 is 5.91 Å². The van der Waals surface area contributed by atoms with Gasteiger partial charge in [-0.3, -0.25) is 4.79 Å². The highest BCUT2D eigenvalue weighted by atomic mass is 19.3. The Hall–Kier alpha value is -2.03. The van der Waals surface area contributed by atoms with Gasteiger partial charge >= 0.3 is 13.2 Å². The number of hydrogen-bond donors (Lipinski definition) is 1. The summed E-state index contributed by atoms with van der Waals surface area (Å²) >= 11 is 0. The van der Waals surface area contributed by atoms with E-state index < -0.39 is 30.6 Å². The van der Waals surface area contributed by atoms with E-state index in [1.165, 1.54) is 4.90 Å². The van der Waals surface area contributed by atoms with E-state index in [4.69, 9.17) is 0 Å². The van der Waals surface area contributed by atoms with Gasteiger partial charge in [-0.05, 0) is 19.1 Å². The quantitative estimate of drug-likeness (QED) is 0.839. The van der Waals surface area contributed by atoms with Crippen molar-refractivity contribution in [2.45, 2.75) is 26.2 Å². The third kappa shape index (κ3) is 4.98. The van der Waals surface area contributed by atoms with Gasteiger partial charge in [-0.15, -0.1) is 0 Å². The lowest BCUT2D eigenvalue weighted by atomic mass is 10.1. The average molecular weight is 336 g/mol. The Morgan fingerprint density at radius 1 is 1.17 bits per heavy atom. The molecule has 1 amide bonds.